The Morgan fingerprint density at radius 2 is 1.89 bits per heavy atom. The maximum absolute atomic E-state index is 10.5. The first-order valence-corrected chi connectivity index (χ1v) is 5.76. The van der Waals surface area contributed by atoms with E-state index in [-0.39, 0.29) is 11.7 Å². The Morgan fingerprint density at radius 3 is 2.42 bits per heavy atom. The van der Waals surface area contributed by atoms with Gasteiger partial charge in [0, 0.05) is 0 Å². The predicted molar refractivity (Wildman–Crippen MR) is 68.9 cm³/mol. The summed E-state index contributed by atoms with van der Waals surface area (Å²) in [7, 11) is 0. The molecule has 0 saturated carbocycles. The maximum atomic E-state index is 10.5. The summed E-state index contributed by atoms with van der Waals surface area (Å²) >= 11 is 0. The molecule has 2 rings (SSSR count). The first kappa shape index (κ1) is 12.9. The van der Waals surface area contributed by atoms with E-state index in [0.29, 0.717) is 5.75 Å². The molecule has 1 radical (unpaired) electrons. The van der Waals surface area contributed by atoms with Gasteiger partial charge in [0.05, 0.1) is 4.92 Å². The molecule has 0 bridgehead atoms. The van der Waals surface area contributed by atoms with Crippen molar-refractivity contribution >= 4 is 5.69 Å². The highest BCUT2D eigenvalue weighted by atomic mass is 16.6. The molecular formula is C13H12N3O3. The first-order valence-electron chi connectivity index (χ1n) is 5.76. The lowest BCUT2D eigenvalue weighted by molar-refractivity contribution is -0.385. The second-order valence-electron chi connectivity index (χ2n) is 3.76. The number of benzene rings is 1. The standard InChI is InChI=1S/C13H12N3O3/c1-2-3-10-4-6-12(7-5-10)19-13-14-8-11(9-15-13)16(17)18/h3-9H,2H2,1H3. The lowest BCUT2D eigenvalue weighted by atomic mass is 10.1. The van der Waals surface area contributed by atoms with E-state index in [1.165, 1.54) is 0 Å². The summed E-state index contributed by atoms with van der Waals surface area (Å²) in [6.45, 7) is 2.06. The summed E-state index contributed by atoms with van der Waals surface area (Å²) in [4.78, 5) is 17.4. The fraction of sp³-hybridized carbons (Fsp3) is 0.154. The Bertz CT molecular complexity index is 552. The Labute approximate surface area is 110 Å². The van der Waals surface area contributed by atoms with E-state index < -0.39 is 4.92 Å². The molecule has 0 N–H and O–H groups in total. The first-order chi connectivity index (χ1) is 9.19. The van der Waals surface area contributed by atoms with Gasteiger partial charge in [-0.2, -0.15) is 9.97 Å². The van der Waals surface area contributed by atoms with Gasteiger partial charge in [0.15, 0.2) is 0 Å². The molecule has 0 spiro atoms. The van der Waals surface area contributed by atoms with Crippen LogP contribution >= 0.6 is 0 Å². The van der Waals surface area contributed by atoms with E-state index in [4.69, 9.17) is 4.74 Å². The second-order valence-corrected chi connectivity index (χ2v) is 3.76. The van der Waals surface area contributed by atoms with Crippen molar-refractivity contribution in [1.82, 2.24) is 9.97 Å². The van der Waals surface area contributed by atoms with Gasteiger partial charge >= 0.3 is 11.7 Å². The lowest BCUT2D eigenvalue weighted by Crippen LogP contribution is -1.94. The van der Waals surface area contributed by atoms with Crippen LogP contribution in [-0.2, 0) is 0 Å². The highest BCUT2D eigenvalue weighted by Crippen LogP contribution is 2.20. The van der Waals surface area contributed by atoms with E-state index in [1.54, 1.807) is 12.1 Å². The maximum Gasteiger partial charge on any atom is 0.322 e. The fourth-order valence-electron chi connectivity index (χ4n) is 1.47. The van der Waals surface area contributed by atoms with Crippen molar-refractivity contribution in [2.24, 2.45) is 0 Å². The minimum atomic E-state index is -0.556. The number of aromatic nitrogens is 2. The van der Waals surface area contributed by atoms with Gasteiger partial charge in [-0.05, 0) is 30.5 Å². The predicted octanol–water partition coefficient (Wildman–Crippen LogP) is 3.14. The van der Waals surface area contributed by atoms with Crippen LogP contribution in [0.25, 0.3) is 0 Å². The van der Waals surface area contributed by atoms with Gasteiger partial charge in [0.1, 0.15) is 18.1 Å². The number of nitro groups is 1. The molecule has 6 heteroatoms. The zero-order valence-corrected chi connectivity index (χ0v) is 10.3. The van der Waals surface area contributed by atoms with Gasteiger partial charge in [0.2, 0.25) is 0 Å². The van der Waals surface area contributed by atoms with Gasteiger partial charge in [-0.25, -0.2) is 0 Å². The third-order valence-corrected chi connectivity index (χ3v) is 2.35. The molecule has 19 heavy (non-hydrogen) atoms. The normalized spacial score (nSPS) is 10.2. The molecule has 0 saturated heterocycles. The van der Waals surface area contributed by atoms with Crippen molar-refractivity contribution in [2.45, 2.75) is 13.3 Å². The summed E-state index contributed by atoms with van der Waals surface area (Å²) in [6, 6.07) is 7.52. The molecule has 0 atom stereocenters. The summed E-state index contributed by atoms with van der Waals surface area (Å²) in [5, 5.41) is 10.5. The molecule has 0 aliphatic heterocycles. The average Bonchev–Trinajstić information content (AvgIpc) is 2.42. The Hall–Kier alpha value is -2.50. The summed E-state index contributed by atoms with van der Waals surface area (Å²) in [5.74, 6) is 0.585. The molecule has 0 fully saturated rings. The monoisotopic (exact) mass is 258 g/mol. The highest BCUT2D eigenvalue weighted by Gasteiger charge is 2.07. The third-order valence-electron chi connectivity index (χ3n) is 2.35. The smallest absolute Gasteiger partial charge is 0.322 e. The van der Waals surface area contributed by atoms with Crippen molar-refractivity contribution in [3.63, 3.8) is 0 Å². The van der Waals surface area contributed by atoms with Gasteiger partial charge in [0.25, 0.3) is 0 Å². The molecule has 1 aromatic carbocycles. The Morgan fingerprint density at radius 1 is 1.26 bits per heavy atom. The quantitative estimate of drug-likeness (QED) is 0.608. The number of rotatable bonds is 5. The zero-order valence-electron chi connectivity index (χ0n) is 10.3. The molecule has 1 aromatic heterocycles. The molecule has 0 amide bonds. The highest BCUT2D eigenvalue weighted by molar-refractivity contribution is 5.32. The van der Waals surface area contributed by atoms with E-state index in [0.717, 1.165) is 24.4 Å². The minimum Gasteiger partial charge on any atom is -0.424 e. The van der Waals surface area contributed by atoms with Gasteiger partial charge < -0.3 is 4.74 Å². The van der Waals surface area contributed by atoms with Crippen molar-refractivity contribution in [3.8, 4) is 11.8 Å². The Balaban J connectivity index is 2.06. The molecule has 6 nitrogen and oxygen atoms in total. The number of hydrogen-bond donors (Lipinski definition) is 0. The van der Waals surface area contributed by atoms with Crippen molar-refractivity contribution in [3.05, 3.63) is 58.8 Å². The van der Waals surface area contributed by atoms with Crippen LogP contribution in [0, 0.1) is 16.5 Å². The second kappa shape index (κ2) is 5.90. The SMILES string of the molecule is CC[CH]c1ccc(Oc2ncc([N+](=O)[O-])cn2)cc1. The van der Waals surface area contributed by atoms with Crippen LogP contribution in [0.15, 0.2) is 36.7 Å². The number of nitrogens with zero attached hydrogens (tertiary/aromatic N) is 3. The van der Waals surface area contributed by atoms with Crippen LogP contribution in [0.2, 0.25) is 0 Å². The fourth-order valence-corrected chi connectivity index (χ4v) is 1.47. The minimum absolute atomic E-state index is 0.0813. The van der Waals surface area contributed by atoms with Crippen molar-refractivity contribution < 1.29 is 9.66 Å². The average molecular weight is 258 g/mol. The molecule has 1 heterocycles. The van der Waals surface area contributed by atoms with Crippen molar-refractivity contribution in [2.75, 3.05) is 0 Å². The zero-order chi connectivity index (χ0) is 13.7. The molecule has 0 unspecified atom stereocenters. The van der Waals surface area contributed by atoms with Gasteiger partial charge in [-0.3, -0.25) is 10.1 Å². The van der Waals surface area contributed by atoms with E-state index in [9.17, 15) is 10.1 Å². The van der Waals surface area contributed by atoms with E-state index in [1.807, 2.05) is 12.1 Å². The molecule has 2 aromatic rings. The topological polar surface area (TPSA) is 78.2 Å². The van der Waals surface area contributed by atoms with Crippen LogP contribution in [0.3, 0.4) is 0 Å². The summed E-state index contributed by atoms with van der Waals surface area (Å²) in [5.41, 5.74) is 0.944. The Kier molecular flexibility index (Phi) is 4.02. The van der Waals surface area contributed by atoms with Crippen LogP contribution in [0.1, 0.15) is 18.9 Å². The largest absolute Gasteiger partial charge is 0.424 e. The van der Waals surface area contributed by atoms with Gasteiger partial charge in [-0.1, -0.05) is 19.1 Å². The van der Waals surface area contributed by atoms with Gasteiger partial charge in [-0.15, -0.1) is 0 Å². The number of hydrogen-bond acceptors (Lipinski definition) is 5. The van der Waals surface area contributed by atoms with Crippen LogP contribution in [0.5, 0.6) is 11.8 Å². The van der Waals surface area contributed by atoms with Crippen molar-refractivity contribution in [1.29, 1.82) is 0 Å². The number of ether oxygens (including phenoxy) is 1. The summed E-state index contributed by atoms with van der Waals surface area (Å²) in [6.07, 6.45) is 5.28. The molecule has 0 aliphatic carbocycles. The van der Waals surface area contributed by atoms with Crippen LogP contribution in [-0.4, -0.2) is 14.9 Å². The lowest BCUT2D eigenvalue weighted by Gasteiger charge is -2.04. The van der Waals surface area contributed by atoms with Crippen LogP contribution in [0.4, 0.5) is 5.69 Å². The molecule has 0 aliphatic rings. The molecular weight excluding hydrogens is 246 g/mol. The van der Waals surface area contributed by atoms with E-state index in [2.05, 4.69) is 23.3 Å². The summed E-state index contributed by atoms with van der Waals surface area (Å²) < 4.78 is 5.39. The van der Waals surface area contributed by atoms with Crippen LogP contribution < -0.4 is 4.74 Å². The third kappa shape index (κ3) is 3.48. The van der Waals surface area contributed by atoms with E-state index >= 15 is 0 Å². The molecule has 97 valence electrons.